The lowest BCUT2D eigenvalue weighted by atomic mass is 10.2. The van der Waals surface area contributed by atoms with Gasteiger partial charge in [-0.15, -0.1) is 0 Å². The van der Waals surface area contributed by atoms with Crippen LogP contribution in [0.3, 0.4) is 0 Å². The van der Waals surface area contributed by atoms with Crippen molar-refractivity contribution in [2.45, 2.75) is 12.8 Å². The first-order valence-corrected chi connectivity index (χ1v) is 6.49. The minimum absolute atomic E-state index is 0.0129. The Kier molecular flexibility index (Phi) is 5.71. The van der Waals surface area contributed by atoms with Gasteiger partial charge in [-0.25, -0.2) is 0 Å². The van der Waals surface area contributed by atoms with Crippen molar-refractivity contribution in [1.29, 1.82) is 5.26 Å². The summed E-state index contributed by atoms with van der Waals surface area (Å²) >= 11 is 2.07. The van der Waals surface area contributed by atoms with Crippen molar-refractivity contribution in [2.24, 2.45) is 0 Å². The highest BCUT2D eigenvalue weighted by molar-refractivity contribution is 14.1. The van der Waals surface area contributed by atoms with Crippen LogP contribution in [0.1, 0.15) is 18.4 Å². The van der Waals surface area contributed by atoms with Crippen molar-refractivity contribution >= 4 is 34.2 Å². The fraction of sp³-hybridized carbons (Fsp3) is 0.333. The SMILES string of the molecule is CNC(=O)CCCOc1c(N)cc(C#N)cc1I. The van der Waals surface area contributed by atoms with Gasteiger partial charge in [-0.1, -0.05) is 0 Å². The molecule has 18 heavy (non-hydrogen) atoms. The summed E-state index contributed by atoms with van der Waals surface area (Å²) in [5.41, 5.74) is 6.76. The van der Waals surface area contributed by atoms with E-state index in [9.17, 15) is 4.79 Å². The molecule has 0 saturated carbocycles. The summed E-state index contributed by atoms with van der Waals surface area (Å²) in [4.78, 5) is 11.0. The molecule has 1 aromatic rings. The minimum Gasteiger partial charge on any atom is -0.490 e. The van der Waals surface area contributed by atoms with E-state index in [2.05, 4.69) is 27.9 Å². The molecule has 3 N–H and O–H groups in total. The number of carbonyl (C=O) groups is 1. The molecule has 0 aliphatic carbocycles. The molecule has 5 nitrogen and oxygen atoms in total. The van der Waals surface area contributed by atoms with E-state index in [1.54, 1.807) is 19.2 Å². The Hall–Kier alpha value is -1.49. The summed E-state index contributed by atoms with van der Waals surface area (Å²) in [6.45, 7) is 0.416. The van der Waals surface area contributed by atoms with Gasteiger partial charge >= 0.3 is 0 Å². The quantitative estimate of drug-likeness (QED) is 0.475. The van der Waals surface area contributed by atoms with Crippen molar-refractivity contribution in [3.05, 3.63) is 21.3 Å². The molecule has 0 heterocycles. The Morgan fingerprint density at radius 1 is 1.61 bits per heavy atom. The Balaban J connectivity index is 2.58. The molecule has 1 aromatic carbocycles. The van der Waals surface area contributed by atoms with Crippen molar-refractivity contribution in [3.8, 4) is 11.8 Å². The number of nitrogens with one attached hydrogen (secondary N) is 1. The summed E-state index contributed by atoms with van der Waals surface area (Å²) in [6.07, 6.45) is 1.04. The zero-order valence-electron chi connectivity index (χ0n) is 10.00. The van der Waals surface area contributed by atoms with Gasteiger partial charge < -0.3 is 15.8 Å². The minimum atomic E-state index is -0.0129. The van der Waals surface area contributed by atoms with Gasteiger partial charge in [0.15, 0.2) is 5.75 Å². The number of carbonyl (C=O) groups excluding carboxylic acids is 1. The number of nitrogens with zero attached hydrogens (tertiary/aromatic N) is 1. The second-order valence-corrected chi connectivity index (χ2v) is 4.78. The van der Waals surface area contributed by atoms with Crippen molar-refractivity contribution in [2.75, 3.05) is 19.4 Å². The highest BCUT2D eigenvalue weighted by atomic mass is 127. The first kappa shape index (κ1) is 14.6. The van der Waals surface area contributed by atoms with Crippen LogP contribution in [0.25, 0.3) is 0 Å². The van der Waals surface area contributed by atoms with Crippen molar-refractivity contribution in [1.82, 2.24) is 5.32 Å². The van der Waals surface area contributed by atoms with Gasteiger partial charge in [0, 0.05) is 13.5 Å². The fourth-order valence-electron chi connectivity index (χ4n) is 1.36. The maximum atomic E-state index is 11.0. The van der Waals surface area contributed by atoms with Crippen LogP contribution in [0.5, 0.6) is 5.75 Å². The third kappa shape index (κ3) is 4.07. The maximum absolute atomic E-state index is 11.0. The molecule has 0 aliphatic heterocycles. The lowest BCUT2D eigenvalue weighted by Crippen LogP contribution is -2.18. The summed E-state index contributed by atoms with van der Waals surface area (Å²) in [5.74, 6) is 0.563. The number of nitrogens with two attached hydrogens (primary N) is 1. The summed E-state index contributed by atoms with van der Waals surface area (Å²) in [7, 11) is 1.60. The van der Waals surface area contributed by atoms with E-state index in [1.165, 1.54) is 0 Å². The van der Waals surface area contributed by atoms with Crippen LogP contribution in [0.4, 0.5) is 5.69 Å². The van der Waals surface area contributed by atoms with Crippen LogP contribution in [-0.2, 0) is 4.79 Å². The maximum Gasteiger partial charge on any atom is 0.219 e. The Labute approximate surface area is 119 Å². The number of anilines is 1. The largest absolute Gasteiger partial charge is 0.490 e. The highest BCUT2D eigenvalue weighted by Crippen LogP contribution is 2.29. The van der Waals surface area contributed by atoms with Gasteiger partial charge in [0.25, 0.3) is 0 Å². The van der Waals surface area contributed by atoms with Crippen LogP contribution < -0.4 is 15.8 Å². The number of ether oxygens (including phenoxy) is 1. The van der Waals surface area contributed by atoms with Gasteiger partial charge in [-0.05, 0) is 41.1 Å². The predicted octanol–water partition coefficient (Wildman–Crippen LogP) is 1.65. The standard InChI is InChI=1S/C12H14IN3O2/c1-16-11(17)3-2-4-18-12-9(13)5-8(7-14)6-10(12)15/h5-6H,2-4,15H2,1H3,(H,16,17). The van der Waals surface area contributed by atoms with Crippen LogP contribution in [0.15, 0.2) is 12.1 Å². The number of halogens is 1. The second-order valence-electron chi connectivity index (χ2n) is 3.61. The molecule has 0 saturated heterocycles. The molecule has 1 amide bonds. The van der Waals surface area contributed by atoms with E-state index in [4.69, 9.17) is 15.7 Å². The third-order valence-corrected chi connectivity index (χ3v) is 3.08. The molecule has 6 heteroatoms. The van der Waals surface area contributed by atoms with Gasteiger partial charge in [0.2, 0.25) is 5.91 Å². The highest BCUT2D eigenvalue weighted by Gasteiger charge is 2.08. The fourth-order valence-corrected chi connectivity index (χ4v) is 2.17. The first-order chi connectivity index (χ1) is 8.58. The topological polar surface area (TPSA) is 88.1 Å². The van der Waals surface area contributed by atoms with Gasteiger partial charge in [0.05, 0.1) is 27.5 Å². The summed E-state index contributed by atoms with van der Waals surface area (Å²) in [5, 5.41) is 11.3. The number of hydrogen-bond donors (Lipinski definition) is 2. The molecule has 0 aromatic heterocycles. The zero-order valence-corrected chi connectivity index (χ0v) is 12.2. The van der Waals surface area contributed by atoms with Gasteiger partial charge in [-0.3, -0.25) is 4.79 Å². The summed E-state index contributed by atoms with van der Waals surface area (Å²) in [6, 6.07) is 5.33. The van der Waals surface area contributed by atoms with E-state index in [0.29, 0.717) is 36.4 Å². The van der Waals surface area contributed by atoms with E-state index in [1.807, 2.05) is 6.07 Å². The monoisotopic (exact) mass is 359 g/mol. The number of amides is 1. The van der Waals surface area contributed by atoms with E-state index in [-0.39, 0.29) is 5.91 Å². The van der Waals surface area contributed by atoms with E-state index < -0.39 is 0 Å². The number of nitriles is 1. The van der Waals surface area contributed by atoms with Crippen molar-refractivity contribution < 1.29 is 9.53 Å². The Morgan fingerprint density at radius 3 is 2.89 bits per heavy atom. The lowest BCUT2D eigenvalue weighted by Gasteiger charge is -2.11. The number of nitrogen functional groups attached to an aromatic ring is 1. The van der Waals surface area contributed by atoms with Crippen molar-refractivity contribution in [3.63, 3.8) is 0 Å². The molecule has 0 bridgehead atoms. The average Bonchev–Trinajstić information content (AvgIpc) is 2.36. The Morgan fingerprint density at radius 2 is 2.33 bits per heavy atom. The first-order valence-electron chi connectivity index (χ1n) is 5.41. The number of hydrogen-bond acceptors (Lipinski definition) is 4. The number of rotatable bonds is 5. The second kappa shape index (κ2) is 7.06. The molecule has 0 unspecified atom stereocenters. The lowest BCUT2D eigenvalue weighted by molar-refractivity contribution is -0.120. The van der Waals surface area contributed by atoms with Crippen LogP contribution in [-0.4, -0.2) is 19.6 Å². The van der Waals surface area contributed by atoms with E-state index in [0.717, 1.165) is 3.57 Å². The zero-order chi connectivity index (χ0) is 13.5. The van der Waals surface area contributed by atoms with E-state index >= 15 is 0 Å². The molecule has 0 aliphatic rings. The average molecular weight is 359 g/mol. The Bertz CT molecular complexity index is 460. The van der Waals surface area contributed by atoms with Gasteiger partial charge in [0.1, 0.15) is 0 Å². The molecular weight excluding hydrogens is 345 g/mol. The molecule has 1 rings (SSSR count). The predicted molar refractivity (Wildman–Crippen MR) is 77.1 cm³/mol. The molecule has 0 radical (unpaired) electrons. The van der Waals surface area contributed by atoms with Crippen LogP contribution >= 0.6 is 22.6 Å². The number of benzene rings is 1. The third-order valence-electron chi connectivity index (χ3n) is 2.27. The van der Waals surface area contributed by atoms with Crippen LogP contribution in [0, 0.1) is 14.9 Å². The van der Waals surface area contributed by atoms with Gasteiger partial charge in [-0.2, -0.15) is 5.26 Å². The normalized spacial score (nSPS) is 9.61. The molecular formula is C12H14IN3O2. The summed E-state index contributed by atoms with van der Waals surface area (Å²) < 4.78 is 6.34. The molecule has 0 fully saturated rings. The smallest absolute Gasteiger partial charge is 0.219 e. The molecule has 96 valence electrons. The molecule has 0 atom stereocenters. The molecule has 0 spiro atoms. The van der Waals surface area contributed by atoms with Crippen LogP contribution in [0.2, 0.25) is 0 Å².